The number of hydrogen-bond acceptors (Lipinski definition) is 3. The second-order valence-electron chi connectivity index (χ2n) is 4.35. The first-order valence-corrected chi connectivity index (χ1v) is 5.69. The lowest BCUT2D eigenvalue weighted by atomic mass is 10.1. The van der Waals surface area contributed by atoms with Crippen molar-refractivity contribution in [1.29, 1.82) is 0 Å². The number of benzene rings is 1. The minimum atomic E-state index is -0.490. The molecular weight excluding hydrogens is 272 g/mol. The van der Waals surface area contributed by atoms with Gasteiger partial charge in [-0.3, -0.25) is 0 Å². The number of rotatable bonds is 2. The van der Waals surface area contributed by atoms with Crippen LogP contribution < -0.4 is 4.74 Å². The number of hydrogen-bond donors (Lipinski definition) is 0. The van der Waals surface area contributed by atoms with Crippen molar-refractivity contribution in [3.05, 3.63) is 28.2 Å². The normalized spacial score (nSPS) is 11.1. The van der Waals surface area contributed by atoms with Crippen molar-refractivity contribution in [1.82, 2.24) is 0 Å². The van der Waals surface area contributed by atoms with Gasteiger partial charge in [0.2, 0.25) is 0 Å². The highest BCUT2D eigenvalue weighted by Gasteiger charge is 2.19. The summed E-state index contributed by atoms with van der Waals surface area (Å²) in [5, 5.41) is 0. The summed E-state index contributed by atoms with van der Waals surface area (Å²) in [5.74, 6) is 0.348. The summed E-state index contributed by atoms with van der Waals surface area (Å²) in [6, 6.07) is 5.14. The minimum Gasteiger partial charge on any atom is -0.497 e. The Kier molecular flexibility index (Phi) is 3.97. The predicted molar refractivity (Wildman–Crippen MR) is 65.9 cm³/mol. The highest BCUT2D eigenvalue weighted by Crippen LogP contribution is 2.24. The van der Waals surface area contributed by atoms with Gasteiger partial charge in [-0.1, -0.05) is 0 Å². The summed E-state index contributed by atoms with van der Waals surface area (Å²) in [5.41, 5.74) is 0.00641. The zero-order chi connectivity index (χ0) is 12.3. The number of ether oxygens (including phenoxy) is 2. The maximum Gasteiger partial charge on any atom is 0.339 e. The molecule has 0 fully saturated rings. The van der Waals surface area contributed by atoms with E-state index < -0.39 is 5.60 Å². The molecule has 0 N–H and O–H groups in total. The van der Waals surface area contributed by atoms with Gasteiger partial charge in [-0.25, -0.2) is 4.79 Å². The predicted octanol–water partition coefficient (Wildman–Crippen LogP) is 3.41. The molecule has 0 radical (unpaired) electrons. The van der Waals surface area contributed by atoms with Gasteiger partial charge in [0.1, 0.15) is 11.4 Å². The van der Waals surface area contributed by atoms with Crippen molar-refractivity contribution in [3.8, 4) is 5.75 Å². The van der Waals surface area contributed by atoms with E-state index in [1.165, 1.54) is 0 Å². The Morgan fingerprint density at radius 2 is 1.94 bits per heavy atom. The van der Waals surface area contributed by atoms with Crippen molar-refractivity contribution in [2.45, 2.75) is 26.4 Å². The monoisotopic (exact) mass is 286 g/mol. The molecule has 0 aliphatic rings. The maximum absolute atomic E-state index is 11.8. The van der Waals surface area contributed by atoms with Crippen LogP contribution in [0.3, 0.4) is 0 Å². The first-order valence-electron chi connectivity index (χ1n) is 4.90. The van der Waals surface area contributed by atoms with Gasteiger partial charge in [-0.15, -0.1) is 0 Å². The van der Waals surface area contributed by atoms with Crippen LogP contribution in [0.5, 0.6) is 5.75 Å². The SMILES string of the molecule is COc1ccc(C(=O)OC(C)(C)C)c(Br)c1. The van der Waals surface area contributed by atoms with Crippen LogP contribution in [0.15, 0.2) is 22.7 Å². The summed E-state index contributed by atoms with van der Waals surface area (Å²) in [4.78, 5) is 11.8. The van der Waals surface area contributed by atoms with E-state index in [9.17, 15) is 4.79 Å². The quantitative estimate of drug-likeness (QED) is 0.782. The number of carbonyl (C=O) groups is 1. The molecule has 0 saturated heterocycles. The van der Waals surface area contributed by atoms with E-state index >= 15 is 0 Å². The Morgan fingerprint density at radius 1 is 1.31 bits per heavy atom. The zero-order valence-corrected chi connectivity index (χ0v) is 11.4. The molecule has 0 amide bonds. The summed E-state index contributed by atoms with van der Waals surface area (Å²) >= 11 is 3.32. The molecule has 0 spiro atoms. The van der Waals surface area contributed by atoms with Crippen LogP contribution in [0.4, 0.5) is 0 Å². The van der Waals surface area contributed by atoms with Crippen molar-refractivity contribution in [3.63, 3.8) is 0 Å². The standard InChI is InChI=1S/C12H15BrO3/c1-12(2,3)16-11(14)9-6-5-8(15-4)7-10(9)13/h5-7H,1-4H3. The average Bonchev–Trinajstić information content (AvgIpc) is 2.14. The Morgan fingerprint density at radius 3 is 2.38 bits per heavy atom. The topological polar surface area (TPSA) is 35.5 Å². The summed E-state index contributed by atoms with van der Waals surface area (Å²) in [6.07, 6.45) is 0. The first-order chi connectivity index (χ1) is 7.33. The highest BCUT2D eigenvalue weighted by molar-refractivity contribution is 9.10. The third kappa shape index (κ3) is 3.52. The smallest absolute Gasteiger partial charge is 0.339 e. The lowest BCUT2D eigenvalue weighted by Gasteiger charge is -2.20. The summed E-state index contributed by atoms with van der Waals surface area (Å²) in [7, 11) is 1.58. The van der Waals surface area contributed by atoms with E-state index in [-0.39, 0.29) is 5.97 Å². The number of carbonyl (C=O) groups excluding carboxylic acids is 1. The fourth-order valence-corrected chi connectivity index (χ4v) is 1.64. The molecule has 0 unspecified atom stereocenters. The van der Waals surface area contributed by atoms with E-state index in [4.69, 9.17) is 9.47 Å². The van der Waals surface area contributed by atoms with Crippen molar-refractivity contribution < 1.29 is 14.3 Å². The van der Waals surface area contributed by atoms with Gasteiger partial charge in [0.15, 0.2) is 0 Å². The summed E-state index contributed by atoms with van der Waals surface area (Å²) < 4.78 is 11.0. The molecule has 16 heavy (non-hydrogen) atoms. The van der Waals surface area contributed by atoms with Crippen LogP contribution >= 0.6 is 15.9 Å². The first kappa shape index (κ1) is 13.0. The Hall–Kier alpha value is -1.03. The van der Waals surface area contributed by atoms with Crippen LogP contribution in [0.1, 0.15) is 31.1 Å². The van der Waals surface area contributed by atoms with Crippen molar-refractivity contribution in [2.24, 2.45) is 0 Å². The molecule has 4 heteroatoms. The van der Waals surface area contributed by atoms with Gasteiger partial charge in [0.25, 0.3) is 0 Å². The zero-order valence-electron chi connectivity index (χ0n) is 9.83. The van der Waals surface area contributed by atoms with E-state index in [1.54, 1.807) is 25.3 Å². The molecule has 1 aromatic rings. The van der Waals surface area contributed by atoms with Gasteiger partial charge in [-0.2, -0.15) is 0 Å². The number of methoxy groups -OCH3 is 1. The largest absolute Gasteiger partial charge is 0.497 e. The van der Waals surface area contributed by atoms with Gasteiger partial charge in [0, 0.05) is 4.47 Å². The van der Waals surface area contributed by atoms with Crippen LogP contribution in [0.2, 0.25) is 0 Å². The Bertz CT molecular complexity index is 394. The van der Waals surface area contributed by atoms with Gasteiger partial charge >= 0.3 is 5.97 Å². The Balaban J connectivity index is 2.93. The second kappa shape index (κ2) is 4.87. The number of halogens is 1. The van der Waals surface area contributed by atoms with Gasteiger partial charge in [-0.05, 0) is 54.9 Å². The molecule has 1 rings (SSSR count). The van der Waals surface area contributed by atoms with E-state index in [1.807, 2.05) is 20.8 Å². The van der Waals surface area contributed by atoms with Crippen LogP contribution in [-0.4, -0.2) is 18.7 Å². The highest BCUT2D eigenvalue weighted by atomic mass is 79.9. The van der Waals surface area contributed by atoms with Gasteiger partial charge in [0.05, 0.1) is 12.7 Å². The van der Waals surface area contributed by atoms with Crippen LogP contribution in [0.25, 0.3) is 0 Å². The molecule has 0 atom stereocenters. The van der Waals surface area contributed by atoms with Crippen molar-refractivity contribution in [2.75, 3.05) is 7.11 Å². The van der Waals surface area contributed by atoms with E-state index in [2.05, 4.69) is 15.9 Å². The molecule has 0 bridgehead atoms. The van der Waals surface area contributed by atoms with Crippen molar-refractivity contribution >= 4 is 21.9 Å². The second-order valence-corrected chi connectivity index (χ2v) is 5.20. The lowest BCUT2D eigenvalue weighted by molar-refractivity contribution is 0.00685. The fraction of sp³-hybridized carbons (Fsp3) is 0.417. The molecule has 0 heterocycles. The minimum absolute atomic E-state index is 0.345. The molecule has 0 aliphatic carbocycles. The van der Waals surface area contributed by atoms with Crippen LogP contribution in [0, 0.1) is 0 Å². The van der Waals surface area contributed by atoms with E-state index in [0.29, 0.717) is 15.8 Å². The Labute approximate surface area is 104 Å². The molecule has 3 nitrogen and oxygen atoms in total. The molecule has 0 aliphatic heterocycles. The molecule has 0 saturated carbocycles. The summed E-state index contributed by atoms with van der Waals surface area (Å²) in [6.45, 7) is 5.51. The molecule has 1 aromatic carbocycles. The maximum atomic E-state index is 11.8. The molecular formula is C12H15BrO3. The van der Waals surface area contributed by atoms with Gasteiger partial charge < -0.3 is 9.47 Å². The van der Waals surface area contributed by atoms with Crippen LogP contribution in [-0.2, 0) is 4.74 Å². The van der Waals surface area contributed by atoms with E-state index in [0.717, 1.165) is 0 Å². The third-order valence-corrected chi connectivity index (χ3v) is 2.45. The lowest BCUT2D eigenvalue weighted by Crippen LogP contribution is -2.24. The number of esters is 1. The molecule has 88 valence electrons. The third-order valence-electron chi connectivity index (χ3n) is 1.80. The molecule has 0 aromatic heterocycles. The average molecular weight is 287 g/mol. The fourth-order valence-electron chi connectivity index (χ4n) is 1.12.